The quantitative estimate of drug-likeness (QED) is 0.670. The maximum atomic E-state index is 13.5. The number of nitrogens with zero attached hydrogens (tertiary/aromatic N) is 1. The van der Waals surface area contributed by atoms with Crippen LogP contribution in [-0.2, 0) is 11.3 Å². The molecule has 0 aliphatic heterocycles. The first-order chi connectivity index (χ1) is 13.3. The van der Waals surface area contributed by atoms with Gasteiger partial charge in [-0.1, -0.05) is 12.1 Å². The summed E-state index contributed by atoms with van der Waals surface area (Å²) in [5, 5.41) is 5.77. The predicted molar refractivity (Wildman–Crippen MR) is 104 cm³/mol. The summed E-state index contributed by atoms with van der Waals surface area (Å²) in [6.07, 6.45) is 0. The second-order valence-electron chi connectivity index (χ2n) is 6.11. The van der Waals surface area contributed by atoms with E-state index in [1.807, 2.05) is 0 Å². The van der Waals surface area contributed by atoms with Gasteiger partial charge in [0.2, 0.25) is 5.91 Å². The molecule has 3 rings (SSSR count). The Balaban J connectivity index is 1.72. The van der Waals surface area contributed by atoms with Gasteiger partial charge in [-0.2, -0.15) is 0 Å². The molecule has 144 valence electrons. The van der Waals surface area contributed by atoms with Gasteiger partial charge in [0.1, 0.15) is 0 Å². The van der Waals surface area contributed by atoms with Crippen molar-refractivity contribution >= 4 is 28.3 Å². The van der Waals surface area contributed by atoms with Crippen LogP contribution in [0.5, 0.6) is 0 Å². The van der Waals surface area contributed by atoms with Crippen molar-refractivity contribution in [2.75, 3.05) is 5.32 Å². The molecule has 0 aliphatic rings. The second-order valence-corrected chi connectivity index (χ2v) is 7.32. The van der Waals surface area contributed by atoms with Crippen molar-refractivity contribution in [2.45, 2.75) is 20.4 Å². The summed E-state index contributed by atoms with van der Waals surface area (Å²) in [5.74, 6) is -2.34. The minimum absolute atomic E-state index is 0.127. The molecule has 0 fully saturated rings. The van der Waals surface area contributed by atoms with Crippen molar-refractivity contribution in [2.24, 2.45) is 0 Å². The fourth-order valence-electron chi connectivity index (χ4n) is 2.53. The van der Waals surface area contributed by atoms with Crippen LogP contribution in [0, 0.1) is 18.6 Å². The van der Waals surface area contributed by atoms with E-state index in [4.69, 9.17) is 0 Å². The van der Waals surface area contributed by atoms with E-state index in [-0.39, 0.29) is 11.8 Å². The Bertz CT molecular complexity index is 1030. The Morgan fingerprint density at radius 1 is 1.07 bits per heavy atom. The lowest BCUT2D eigenvalue weighted by atomic mass is 10.1. The third kappa shape index (κ3) is 4.58. The van der Waals surface area contributed by atoms with Gasteiger partial charge >= 0.3 is 0 Å². The highest BCUT2D eigenvalue weighted by Gasteiger charge is 2.15. The summed E-state index contributed by atoms with van der Waals surface area (Å²) in [6.45, 7) is 3.62. The molecule has 0 saturated carbocycles. The van der Waals surface area contributed by atoms with Crippen molar-refractivity contribution in [1.29, 1.82) is 0 Å². The fraction of sp³-hybridized carbons (Fsp3) is 0.150. The number of hydrogen-bond acceptors (Lipinski definition) is 4. The van der Waals surface area contributed by atoms with Gasteiger partial charge < -0.3 is 5.32 Å². The van der Waals surface area contributed by atoms with E-state index in [0.29, 0.717) is 28.5 Å². The van der Waals surface area contributed by atoms with Gasteiger partial charge in [-0.15, -0.1) is 11.3 Å². The molecule has 2 amide bonds. The van der Waals surface area contributed by atoms with Crippen LogP contribution in [0.15, 0.2) is 42.5 Å². The first-order valence-electron chi connectivity index (χ1n) is 8.41. The minimum Gasteiger partial charge on any atom is -0.352 e. The Hall–Kier alpha value is -3.13. The number of halogens is 2. The molecule has 1 heterocycles. The molecular weight excluding hydrogens is 384 g/mol. The third-order valence-corrected chi connectivity index (χ3v) is 4.85. The first-order valence-corrected chi connectivity index (χ1v) is 9.22. The Kier molecular flexibility index (Phi) is 5.79. The third-order valence-electron chi connectivity index (χ3n) is 3.97. The first kappa shape index (κ1) is 19.6. The van der Waals surface area contributed by atoms with Crippen molar-refractivity contribution in [3.63, 3.8) is 0 Å². The largest absolute Gasteiger partial charge is 0.352 e. The Morgan fingerprint density at radius 2 is 1.79 bits per heavy atom. The Morgan fingerprint density at radius 3 is 2.43 bits per heavy atom. The highest BCUT2D eigenvalue weighted by atomic mass is 32.1. The van der Waals surface area contributed by atoms with Gasteiger partial charge in [-0.3, -0.25) is 14.9 Å². The molecule has 8 heteroatoms. The lowest BCUT2D eigenvalue weighted by molar-refractivity contribution is -0.119. The van der Waals surface area contributed by atoms with Gasteiger partial charge in [0.25, 0.3) is 5.91 Å². The normalized spacial score (nSPS) is 10.6. The molecule has 2 aromatic carbocycles. The predicted octanol–water partition coefficient (Wildman–Crippen LogP) is 4.29. The van der Waals surface area contributed by atoms with E-state index >= 15 is 0 Å². The highest BCUT2D eigenvalue weighted by Crippen LogP contribution is 2.31. The van der Waals surface area contributed by atoms with Crippen LogP contribution in [0.1, 0.15) is 27.7 Å². The van der Waals surface area contributed by atoms with E-state index in [1.54, 1.807) is 31.2 Å². The Labute approximate surface area is 164 Å². The van der Waals surface area contributed by atoms with E-state index in [1.165, 1.54) is 24.3 Å². The number of amides is 2. The number of anilines is 1. The molecule has 1 aromatic heterocycles. The standard InChI is InChI=1S/C20H17F2N3O2S/c1-11-18(15-7-8-16(21)17(22)9-15)24-20(28-11)25-19(27)14-5-3-13(4-6-14)10-23-12(2)26/h3-9H,10H2,1-2H3,(H,23,26)(H,24,25,27). The molecule has 0 unspecified atom stereocenters. The maximum absolute atomic E-state index is 13.5. The molecule has 2 N–H and O–H groups in total. The van der Waals surface area contributed by atoms with Gasteiger partial charge in [-0.25, -0.2) is 13.8 Å². The smallest absolute Gasteiger partial charge is 0.257 e. The molecule has 5 nitrogen and oxygen atoms in total. The molecule has 0 aliphatic carbocycles. The van der Waals surface area contributed by atoms with Crippen LogP contribution in [-0.4, -0.2) is 16.8 Å². The van der Waals surface area contributed by atoms with Crippen LogP contribution in [0.3, 0.4) is 0 Å². The van der Waals surface area contributed by atoms with E-state index in [9.17, 15) is 18.4 Å². The second kappa shape index (κ2) is 8.26. The topological polar surface area (TPSA) is 71.1 Å². The zero-order valence-electron chi connectivity index (χ0n) is 15.2. The number of carbonyl (C=O) groups is 2. The van der Waals surface area contributed by atoms with Crippen molar-refractivity contribution < 1.29 is 18.4 Å². The van der Waals surface area contributed by atoms with Crippen LogP contribution in [0.25, 0.3) is 11.3 Å². The lowest BCUT2D eigenvalue weighted by Crippen LogP contribution is -2.19. The van der Waals surface area contributed by atoms with E-state index in [2.05, 4.69) is 15.6 Å². The summed E-state index contributed by atoms with van der Waals surface area (Å²) in [6, 6.07) is 10.4. The van der Waals surface area contributed by atoms with Gasteiger partial charge in [-0.05, 0) is 42.8 Å². The van der Waals surface area contributed by atoms with Crippen LogP contribution in [0.4, 0.5) is 13.9 Å². The van der Waals surface area contributed by atoms with Crippen LogP contribution < -0.4 is 10.6 Å². The van der Waals surface area contributed by atoms with E-state index in [0.717, 1.165) is 22.6 Å². The van der Waals surface area contributed by atoms with Gasteiger partial charge in [0.05, 0.1) is 5.69 Å². The van der Waals surface area contributed by atoms with Crippen molar-refractivity contribution in [1.82, 2.24) is 10.3 Å². The average molecular weight is 401 g/mol. The zero-order valence-corrected chi connectivity index (χ0v) is 16.0. The number of aromatic nitrogens is 1. The molecule has 0 saturated heterocycles. The number of hydrogen-bond donors (Lipinski definition) is 2. The highest BCUT2D eigenvalue weighted by molar-refractivity contribution is 7.16. The van der Waals surface area contributed by atoms with Gasteiger partial charge in [0, 0.05) is 29.5 Å². The summed E-state index contributed by atoms with van der Waals surface area (Å²) in [4.78, 5) is 28.5. The summed E-state index contributed by atoms with van der Waals surface area (Å²) >= 11 is 1.25. The number of aryl methyl sites for hydroxylation is 1. The molecule has 3 aromatic rings. The number of nitrogens with one attached hydrogen (secondary N) is 2. The van der Waals surface area contributed by atoms with Gasteiger partial charge in [0.15, 0.2) is 16.8 Å². The number of carbonyl (C=O) groups excluding carboxylic acids is 2. The number of rotatable bonds is 5. The SMILES string of the molecule is CC(=O)NCc1ccc(C(=O)Nc2nc(-c3ccc(F)c(F)c3)c(C)s2)cc1. The number of benzene rings is 2. The molecular formula is C20H17F2N3O2S. The lowest BCUT2D eigenvalue weighted by Gasteiger charge is -2.05. The zero-order chi connectivity index (χ0) is 20.3. The average Bonchev–Trinajstić information content (AvgIpc) is 3.02. The van der Waals surface area contributed by atoms with Crippen molar-refractivity contribution in [3.05, 3.63) is 70.1 Å². The molecule has 0 bridgehead atoms. The van der Waals surface area contributed by atoms with Crippen molar-refractivity contribution in [3.8, 4) is 11.3 Å². The molecule has 0 atom stereocenters. The number of thiazole rings is 1. The summed E-state index contributed by atoms with van der Waals surface area (Å²) in [5.41, 5.74) is 2.24. The molecule has 28 heavy (non-hydrogen) atoms. The monoisotopic (exact) mass is 401 g/mol. The molecule has 0 spiro atoms. The van der Waals surface area contributed by atoms with Crippen LogP contribution >= 0.6 is 11.3 Å². The minimum atomic E-state index is -0.949. The fourth-order valence-corrected chi connectivity index (χ4v) is 3.36. The van der Waals surface area contributed by atoms with E-state index < -0.39 is 11.6 Å². The van der Waals surface area contributed by atoms with Crippen LogP contribution in [0.2, 0.25) is 0 Å². The summed E-state index contributed by atoms with van der Waals surface area (Å²) in [7, 11) is 0. The summed E-state index contributed by atoms with van der Waals surface area (Å²) < 4.78 is 26.6. The molecule has 0 radical (unpaired) electrons. The maximum Gasteiger partial charge on any atom is 0.257 e.